The van der Waals surface area contributed by atoms with Crippen molar-refractivity contribution in [2.45, 2.75) is 70.3 Å². The van der Waals surface area contributed by atoms with Gasteiger partial charge in [0.1, 0.15) is 18.9 Å². The second kappa shape index (κ2) is 11.1. The van der Waals surface area contributed by atoms with Crippen molar-refractivity contribution in [2.24, 2.45) is 5.92 Å². The lowest BCUT2D eigenvalue weighted by atomic mass is 9.84. The van der Waals surface area contributed by atoms with E-state index in [0.29, 0.717) is 56.2 Å². The number of fused-ring (bicyclic) bond motifs is 3. The first-order chi connectivity index (χ1) is 17.8. The Hall–Kier alpha value is -2.80. The van der Waals surface area contributed by atoms with Crippen LogP contribution in [0.15, 0.2) is 18.5 Å². The Labute approximate surface area is 220 Å². The quantitative estimate of drug-likeness (QED) is 0.335. The van der Waals surface area contributed by atoms with Crippen LogP contribution < -0.4 is 10.2 Å². The van der Waals surface area contributed by atoms with Crippen molar-refractivity contribution in [2.75, 3.05) is 31.3 Å². The second-order valence-electron chi connectivity index (χ2n) is 11.5. The zero-order valence-electron chi connectivity index (χ0n) is 22.1. The summed E-state index contributed by atoms with van der Waals surface area (Å²) in [4.78, 5) is 31.2. The number of amides is 2. The first kappa shape index (κ1) is 28.2. The highest BCUT2D eigenvalue weighted by molar-refractivity contribution is 6.76. The number of carboxylic acid groups (broad SMARTS) is 1. The number of rotatable bonds is 9. The Morgan fingerprint density at radius 2 is 1.97 bits per heavy atom. The molecule has 1 fully saturated rings. The number of carbonyl (C=O) groups is 2. The molecule has 2 aromatic rings. The Bertz CT molecular complexity index is 1160. The van der Waals surface area contributed by atoms with Gasteiger partial charge in [-0.1, -0.05) is 19.6 Å². The first-order valence-electron chi connectivity index (χ1n) is 13.0. The molecule has 210 valence electrons. The Morgan fingerprint density at radius 3 is 2.61 bits per heavy atom. The summed E-state index contributed by atoms with van der Waals surface area (Å²) >= 11 is 0. The number of hydrogen-bond acceptors (Lipinski definition) is 5. The summed E-state index contributed by atoms with van der Waals surface area (Å²) in [7, 11) is -1.20. The van der Waals surface area contributed by atoms with E-state index in [9.17, 15) is 27.9 Å². The maximum absolute atomic E-state index is 12.8. The molecule has 1 aliphatic carbocycles. The fraction of sp³-hybridized carbons (Fsp3) is 0.640. The average Bonchev–Trinajstić information content (AvgIpc) is 3.24. The average molecular weight is 556 g/mol. The minimum absolute atomic E-state index is 0.0634. The van der Waals surface area contributed by atoms with E-state index in [1.165, 1.54) is 0 Å². The Morgan fingerprint density at radius 1 is 1.26 bits per heavy atom. The highest BCUT2D eigenvalue weighted by Gasteiger charge is 2.37. The topological polar surface area (TPSA) is 99.9 Å². The maximum Gasteiger partial charge on any atom is 0.407 e. The summed E-state index contributed by atoms with van der Waals surface area (Å²) in [5.41, 5.74) is 2.03. The fourth-order valence-corrected chi connectivity index (χ4v) is 6.02. The third-order valence-electron chi connectivity index (χ3n) is 7.31. The number of carbonyl (C=O) groups excluding carboxylic acids is 1. The van der Waals surface area contributed by atoms with E-state index in [-0.39, 0.29) is 24.4 Å². The summed E-state index contributed by atoms with van der Waals surface area (Å²) in [6, 6.07) is 3.07. The van der Waals surface area contributed by atoms with Crippen LogP contribution in [0.1, 0.15) is 36.0 Å². The molecule has 9 nitrogen and oxygen atoms in total. The highest BCUT2D eigenvalue weighted by atomic mass is 28.3. The van der Waals surface area contributed by atoms with Crippen LogP contribution in [0.2, 0.25) is 25.7 Å². The molecular weight excluding hydrogens is 519 g/mol. The molecule has 0 unspecified atom stereocenters. The minimum atomic E-state index is -4.57. The van der Waals surface area contributed by atoms with Crippen molar-refractivity contribution >= 4 is 36.8 Å². The van der Waals surface area contributed by atoms with Gasteiger partial charge in [0, 0.05) is 45.0 Å². The van der Waals surface area contributed by atoms with Crippen LogP contribution in [-0.4, -0.2) is 78.2 Å². The molecule has 0 bridgehead atoms. The number of hydrogen-bond donors (Lipinski definition) is 2. The summed E-state index contributed by atoms with van der Waals surface area (Å²) in [5.74, 6) is -0.335. The van der Waals surface area contributed by atoms with E-state index in [1.807, 2.05) is 16.8 Å². The molecule has 3 heterocycles. The standard InChI is InChI=1S/C25H36F3N5O4Si/c1-38(2,3)11-10-37-16-31-9-8-19-21-20(12-29-22(19)31)23(34)30-15-33(21)18-6-4-17(5-7-18)13-32(24(35)36)14-25(26,27)28/h8-9,12,17-18H,4-7,10-11,13-16H2,1-3H3,(H,30,34)(H,35,36). The van der Waals surface area contributed by atoms with Crippen LogP contribution in [0.25, 0.3) is 11.0 Å². The number of halogens is 3. The molecule has 1 aliphatic heterocycles. The molecule has 0 radical (unpaired) electrons. The fourth-order valence-electron chi connectivity index (χ4n) is 5.27. The van der Waals surface area contributed by atoms with E-state index < -0.39 is 26.9 Å². The van der Waals surface area contributed by atoms with Gasteiger partial charge in [-0.3, -0.25) is 9.69 Å². The molecule has 2 aromatic heterocycles. The summed E-state index contributed by atoms with van der Waals surface area (Å²) in [6.07, 6.45) is -0.0477. The molecule has 1 saturated carbocycles. The monoisotopic (exact) mass is 555 g/mol. The molecule has 2 amide bonds. The molecule has 0 spiro atoms. The summed E-state index contributed by atoms with van der Waals surface area (Å²) in [6.45, 7) is 6.68. The molecule has 13 heteroatoms. The minimum Gasteiger partial charge on any atom is -0.465 e. The molecule has 0 atom stereocenters. The van der Waals surface area contributed by atoms with Crippen LogP contribution in [0.4, 0.5) is 23.7 Å². The lowest BCUT2D eigenvalue weighted by molar-refractivity contribution is -0.143. The lowest BCUT2D eigenvalue weighted by Crippen LogP contribution is -2.50. The summed E-state index contributed by atoms with van der Waals surface area (Å²) in [5, 5.41) is 13.0. The van der Waals surface area contributed by atoms with E-state index in [4.69, 9.17) is 4.74 Å². The van der Waals surface area contributed by atoms with Crippen molar-refractivity contribution in [1.29, 1.82) is 0 Å². The van der Waals surface area contributed by atoms with Crippen molar-refractivity contribution in [1.82, 2.24) is 19.8 Å². The van der Waals surface area contributed by atoms with Gasteiger partial charge in [0.2, 0.25) is 0 Å². The number of aromatic nitrogens is 2. The maximum atomic E-state index is 12.8. The highest BCUT2D eigenvalue weighted by Crippen LogP contribution is 2.38. The van der Waals surface area contributed by atoms with Gasteiger partial charge in [0.05, 0.1) is 17.9 Å². The number of ether oxygens (including phenoxy) is 1. The number of anilines is 1. The summed E-state index contributed by atoms with van der Waals surface area (Å²) < 4.78 is 46.2. The van der Waals surface area contributed by atoms with Gasteiger partial charge in [-0.15, -0.1) is 0 Å². The SMILES string of the molecule is C[Si](C)(C)CCOCn1ccc2c3c(cnc21)C(=O)NCN3C1CCC(CN(CC(F)(F)F)C(=O)O)CC1. The first-order valence-corrected chi connectivity index (χ1v) is 16.7. The van der Waals surface area contributed by atoms with E-state index in [2.05, 4.69) is 34.8 Å². The third-order valence-corrected chi connectivity index (χ3v) is 9.01. The normalized spacial score (nSPS) is 20.4. The van der Waals surface area contributed by atoms with Crippen molar-refractivity contribution < 1.29 is 32.6 Å². The van der Waals surface area contributed by atoms with Crippen molar-refractivity contribution in [3.63, 3.8) is 0 Å². The van der Waals surface area contributed by atoms with Gasteiger partial charge < -0.3 is 24.6 Å². The van der Waals surface area contributed by atoms with Gasteiger partial charge in [0.15, 0.2) is 0 Å². The predicted octanol–water partition coefficient (Wildman–Crippen LogP) is 4.96. The Kier molecular flexibility index (Phi) is 8.26. The molecule has 0 aromatic carbocycles. The zero-order valence-corrected chi connectivity index (χ0v) is 23.1. The van der Waals surface area contributed by atoms with Gasteiger partial charge in [0.25, 0.3) is 5.91 Å². The lowest BCUT2D eigenvalue weighted by Gasteiger charge is -2.41. The molecule has 2 aliphatic rings. The van der Waals surface area contributed by atoms with Crippen LogP contribution in [0.5, 0.6) is 0 Å². The molecule has 4 rings (SSSR count). The largest absolute Gasteiger partial charge is 0.465 e. The number of pyridine rings is 1. The molecule has 38 heavy (non-hydrogen) atoms. The Balaban J connectivity index is 1.46. The third kappa shape index (κ3) is 6.79. The van der Waals surface area contributed by atoms with Crippen molar-refractivity contribution in [3.05, 3.63) is 24.0 Å². The molecule has 0 saturated heterocycles. The van der Waals surface area contributed by atoms with Crippen LogP contribution in [0, 0.1) is 5.92 Å². The number of alkyl halides is 3. The van der Waals surface area contributed by atoms with E-state index >= 15 is 0 Å². The molecular formula is C25H36F3N5O4Si. The van der Waals surface area contributed by atoms with Crippen molar-refractivity contribution in [3.8, 4) is 0 Å². The van der Waals surface area contributed by atoms with Gasteiger partial charge >= 0.3 is 12.3 Å². The van der Waals surface area contributed by atoms with Gasteiger partial charge in [-0.05, 0) is 43.7 Å². The predicted molar refractivity (Wildman–Crippen MR) is 140 cm³/mol. The van der Waals surface area contributed by atoms with Crippen LogP contribution in [0.3, 0.4) is 0 Å². The second-order valence-corrected chi connectivity index (χ2v) is 17.1. The van der Waals surface area contributed by atoms with Crippen LogP contribution in [-0.2, 0) is 11.5 Å². The number of nitrogens with zero attached hydrogens (tertiary/aromatic N) is 4. The number of nitrogens with one attached hydrogen (secondary N) is 1. The van der Waals surface area contributed by atoms with Gasteiger partial charge in [-0.2, -0.15) is 13.2 Å². The smallest absolute Gasteiger partial charge is 0.407 e. The van der Waals surface area contributed by atoms with E-state index in [0.717, 1.165) is 22.8 Å². The van der Waals surface area contributed by atoms with E-state index in [1.54, 1.807) is 6.20 Å². The molecule has 2 N–H and O–H groups in total. The van der Waals surface area contributed by atoms with Crippen LogP contribution >= 0.6 is 0 Å². The zero-order chi connectivity index (χ0) is 27.7. The van der Waals surface area contributed by atoms with Gasteiger partial charge in [-0.25, -0.2) is 9.78 Å².